The van der Waals surface area contributed by atoms with E-state index in [1.165, 1.54) is 0 Å². The molecule has 1 aliphatic rings. The minimum Gasteiger partial charge on any atom is -0.377 e. The second-order valence-corrected chi connectivity index (χ2v) is 6.22. The lowest BCUT2D eigenvalue weighted by molar-refractivity contribution is 0.171. The molecule has 0 saturated carbocycles. The van der Waals surface area contributed by atoms with Crippen LogP contribution in [0.4, 0.5) is 5.82 Å². The minimum absolute atomic E-state index is 0.246. The minimum atomic E-state index is 0.246. The number of hydrogen-bond donors (Lipinski definition) is 0. The summed E-state index contributed by atoms with van der Waals surface area (Å²) in [4.78, 5) is 2.24. The first kappa shape index (κ1) is 15.0. The summed E-state index contributed by atoms with van der Waals surface area (Å²) in [6.45, 7) is 6.14. The SMILES string of the molecule is COCc1nnc2n1[C@@H](C)CN(c1nnc(C)c3ccccc13)C2. The average Bonchev–Trinajstić information content (AvgIpc) is 2.99. The van der Waals surface area contributed by atoms with E-state index in [4.69, 9.17) is 4.74 Å². The lowest BCUT2D eigenvalue weighted by Crippen LogP contribution is -2.37. The van der Waals surface area contributed by atoms with E-state index in [9.17, 15) is 0 Å². The van der Waals surface area contributed by atoms with Crippen LogP contribution in [0.1, 0.15) is 30.3 Å². The van der Waals surface area contributed by atoms with E-state index >= 15 is 0 Å². The number of fused-ring (bicyclic) bond motifs is 2. The van der Waals surface area contributed by atoms with Gasteiger partial charge in [-0.2, -0.15) is 5.10 Å². The highest BCUT2D eigenvalue weighted by Crippen LogP contribution is 2.30. The van der Waals surface area contributed by atoms with E-state index in [0.29, 0.717) is 13.2 Å². The fourth-order valence-electron chi connectivity index (χ4n) is 3.46. The molecule has 0 saturated heterocycles. The highest BCUT2D eigenvalue weighted by molar-refractivity contribution is 5.93. The molecular formula is C17H20N6O. The highest BCUT2D eigenvalue weighted by atomic mass is 16.5. The first-order chi connectivity index (χ1) is 11.7. The Morgan fingerprint density at radius 2 is 1.92 bits per heavy atom. The number of ether oxygens (including phenoxy) is 1. The van der Waals surface area contributed by atoms with Crippen LogP contribution in [0.25, 0.3) is 10.8 Å². The van der Waals surface area contributed by atoms with E-state index < -0.39 is 0 Å². The molecule has 1 aliphatic heterocycles. The zero-order chi connectivity index (χ0) is 16.7. The molecule has 1 atom stereocenters. The van der Waals surface area contributed by atoms with Crippen LogP contribution in [0.2, 0.25) is 0 Å². The molecule has 0 aliphatic carbocycles. The lowest BCUT2D eigenvalue weighted by atomic mass is 10.1. The maximum Gasteiger partial charge on any atom is 0.159 e. The standard InChI is InChI=1S/C17H20N6O/c1-11-8-22(9-15-19-20-16(10-24-3)23(11)15)17-14-7-5-4-6-13(14)12(2)18-21-17/h4-7,11H,8-10H2,1-3H3/t11-/m0/s1. The van der Waals surface area contributed by atoms with Crippen LogP contribution in [0.15, 0.2) is 24.3 Å². The van der Waals surface area contributed by atoms with Crippen LogP contribution in [-0.2, 0) is 17.9 Å². The number of benzene rings is 1. The third kappa shape index (κ3) is 2.32. The molecule has 0 amide bonds. The van der Waals surface area contributed by atoms with Gasteiger partial charge in [-0.1, -0.05) is 24.3 Å². The number of methoxy groups -OCH3 is 1. The van der Waals surface area contributed by atoms with Gasteiger partial charge in [-0.3, -0.25) is 0 Å². The van der Waals surface area contributed by atoms with Crippen LogP contribution in [-0.4, -0.2) is 38.6 Å². The Balaban J connectivity index is 1.76. The number of nitrogens with zero attached hydrogens (tertiary/aromatic N) is 6. The van der Waals surface area contributed by atoms with Crippen molar-refractivity contribution in [2.24, 2.45) is 0 Å². The summed E-state index contributed by atoms with van der Waals surface area (Å²) in [5.41, 5.74) is 0.949. The van der Waals surface area contributed by atoms with E-state index in [0.717, 1.165) is 40.5 Å². The highest BCUT2D eigenvalue weighted by Gasteiger charge is 2.28. The third-order valence-corrected chi connectivity index (χ3v) is 4.52. The van der Waals surface area contributed by atoms with Crippen molar-refractivity contribution in [3.63, 3.8) is 0 Å². The van der Waals surface area contributed by atoms with Crippen molar-refractivity contribution >= 4 is 16.6 Å². The van der Waals surface area contributed by atoms with E-state index in [-0.39, 0.29) is 6.04 Å². The van der Waals surface area contributed by atoms with Gasteiger partial charge in [0.05, 0.1) is 18.3 Å². The van der Waals surface area contributed by atoms with Crippen molar-refractivity contribution in [3.05, 3.63) is 41.6 Å². The Morgan fingerprint density at radius 3 is 2.71 bits per heavy atom. The van der Waals surface area contributed by atoms with Gasteiger partial charge in [0.2, 0.25) is 0 Å². The van der Waals surface area contributed by atoms with Crippen molar-refractivity contribution in [2.75, 3.05) is 18.6 Å². The molecule has 0 fully saturated rings. The largest absolute Gasteiger partial charge is 0.377 e. The van der Waals surface area contributed by atoms with Gasteiger partial charge < -0.3 is 14.2 Å². The van der Waals surface area contributed by atoms with Crippen LogP contribution >= 0.6 is 0 Å². The molecule has 3 heterocycles. The van der Waals surface area contributed by atoms with E-state index in [2.05, 4.69) is 48.9 Å². The monoisotopic (exact) mass is 324 g/mol. The molecule has 4 rings (SSSR count). The number of aromatic nitrogens is 5. The molecule has 0 N–H and O–H groups in total. The zero-order valence-electron chi connectivity index (χ0n) is 14.1. The predicted octanol–water partition coefficient (Wildman–Crippen LogP) is 2.26. The van der Waals surface area contributed by atoms with Gasteiger partial charge in [-0.15, -0.1) is 15.3 Å². The van der Waals surface area contributed by atoms with Gasteiger partial charge in [0, 0.05) is 24.4 Å². The first-order valence-corrected chi connectivity index (χ1v) is 8.07. The Bertz CT molecular complexity index is 890. The molecule has 0 radical (unpaired) electrons. The summed E-state index contributed by atoms with van der Waals surface area (Å²) in [5, 5.41) is 19.7. The van der Waals surface area contributed by atoms with Crippen LogP contribution in [0.3, 0.4) is 0 Å². The summed E-state index contributed by atoms with van der Waals surface area (Å²) in [6, 6.07) is 8.52. The molecular weight excluding hydrogens is 304 g/mol. The third-order valence-electron chi connectivity index (χ3n) is 4.52. The van der Waals surface area contributed by atoms with Crippen molar-refractivity contribution in [1.29, 1.82) is 0 Å². The number of rotatable bonds is 3. The second kappa shape index (κ2) is 5.83. The van der Waals surface area contributed by atoms with Crippen molar-refractivity contribution in [1.82, 2.24) is 25.0 Å². The Morgan fingerprint density at radius 1 is 1.12 bits per heavy atom. The molecule has 24 heavy (non-hydrogen) atoms. The Labute approximate surface area is 140 Å². The van der Waals surface area contributed by atoms with E-state index in [1.807, 2.05) is 19.1 Å². The van der Waals surface area contributed by atoms with Crippen molar-refractivity contribution in [3.8, 4) is 0 Å². The topological polar surface area (TPSA) is 69.0 Å². The molecule has 7 nitrogen and oxygen atoms in total. The molecule has 2 aromatic heterocycles. The van der Waals surface area contributed by atoms with Gasteiger partial charge in [0.15, 0.2) is 17.5 Å². The average molecular weight is 324 g/mol. The fourth-order valence-corrected chi connectivity index (χ4v) is 3.46. The van der Waals surface area contributed by atoms with E-state index in [1.54, 1.807) is 7.11 Å². The van der Waals surface area contributed by atoms with Gasteiger partial charge in [0.1, 0.15) is 6.61 Å². The lowest BCUT2D eigenvalue weighted by Gasteiger charge is -2.33. The summed E-state index contributed by atoms with van der Waals surface area (Å²) in [7, 11) is 1.68. The maximum absolute atomic E-state index is 5.22. The number of anilines is 1. The molecule has 0 spiro atoms. The van der Waals surface area contributed by atoms with Crippen LogP contribution in [0.5, 0.6) is 0 Å². The quantitative estimate of drug-likeness (QED) is 0.736. The zero-order valence-corrected chi connectivity index (χ0v) is 14.1. The molecule has 0 bridgehead atoms. The van der Waals surface area contributed by atoms with Crippen molar-refractivity contribution < 1.29 is 4.74 Å². The summed E-state index contributed by atoms with van der Waals surface area (Å²) < 4.78 is 7.39. The van der Waals surface area contributed by atoms with Gasteiger partial charge in [0.25, 0.3) is 0 Å². The van der Waals surface area contributed by atoms with Gasteiger partial charge >= 0.3 is 0 Å². The fraction of sp³-hybridized carbons (Fsp3) is 0.412. The first-order valence-electron chi connectivity index (χ1n) is 8.07. The summed E-state index contributed by atoms with van der Waals surface area (Å²) in [5.74, 6) is 2.72. The van der Waals surface area contributed by atoms with Gasteiger partial charge in [-0.05, 0) is 13.8 Å². The second-order valence-electron chi connectivity index (χ2n) is 6.22. The Kier molecular flexibility index (Phi) is 3.65. The predicted molar refractivity (Wildman–Crippen MR) is 90.8 cm³/mol. The number of hydrogen-bond acceptors (Lipinski definition) is 6. The maximum atomic E-state index is 5.22. The van der Waals surface area contributed by atoms with Crippen LogP contribution < -0.4 is 4.90 Å². The molecule has 124 valence electrons. The van der Waals surface area contributed by atoms with Crippen LogP contribution in [0, 0.1) is 6.92 Å². The van der Waals surface area contributed by atoms with Gasteiger partial charge in [-0.25, -0.2) is 0 Å². The Hall–Kier alpha value is -2.54. The summed E-state index contributed by atoms with van der Waals surface area (Å²) in [6.07, 6.45) is 0. The normalized spacial score (nSPS) is 17.3. The summed E-state index contributed by atoms with van der Waals surface area (Å²) >= 11 is 0. The van der Waals surface area contributed by atoms with Crippen molar-refractivity contribution in [2.45, 2.75) is 33.0 Å². The molecule has 3 aromatic rings. The molecule has 1 aromatic carbocycles. The smallest absolute Gasteiger partial charge is 0.159 e. The molecule has 7 heteroatoms. The number of aryl methyl sites for hydroxylation is 1. The molecule has 0 unspecified atom stereocenters.